The van der Waals surface area contributed by atoms with Crippen LogP contribution in [0.15, 0.2) is 53.7 Å². The van der Waals surface area contributed by atoms with Gasteiger partial charge in [0.2, 0.25) is 5.91 Å². The molecule has 1 aromatic carbocycles. The number of anilines is 1. The van der Waals surface area contributed by atoms with Crippen LogP contribution in [0.1, 0.15) is 12.5 Å². The summed E-state index contributed by atoms with van der Waals surface area (Å²) < 4.78 is 0. The van der Waals surface area contributed by atoms with Gasteiger partial charge in [-0.05, 0) is 36.4 Å². The van der Waals surface area contributed by atoms with Crippen molar-refractivity contribution in [2.75, 3.05) is 17.6 Å². The van der Waals surface area contributed by atoms with E-state index in [9.17, 15) is 4.79 Å². The van der Waals surface area contributed by atoms with E-state index in [1.54, 1.807) is 12.4 Å². The van der Waals surface area contributed by atoms with Crippen LogP contribution in [-0.4, -0.2) is 23.2 Å². The van der Waals surface area contributed by atoms with Crippen molar-refractivity contribution in [2.24, 2.45) is 0 Å². The highest BCUT2D eigenvalue weighted by Crippen LogP contribution is 2.17. The van der Waals surface area contributed by atoms with E-state index in [0.29, 0.717) is 5.75 Å². The Labute approximate surface area is 129 Å². The highest BCUT2D eigenvalue weighted by Gasteiger charge is 2.04. The highest BCUT2D eigenvalue weighted by molar-refractivity contribution is 8.00. The van der Waals surface area contributed by atoms with Gasteiger partial charge in [-0.15, -0.1) is 11.8 Å². The van der Waals surface area contributed by atoms with Crippen molar-refractivity contribution in [3.63, 3.8) is 0 Å². The SMILES string of the molecule is CCNCc1cccc(NC(=O)CSc2ccncc2)c1. The third-order valence-corrected chi connectivity index (χ3v) is 3.82. The Kier molecular flexibility index (Phi) is 6.24. The standard InChI is InChI=1S/C16H19N3OS/c1-2-17-11-13-4-3-5-14(10-13)19-16(20)12-21-15-6-8-18-9-7-15/h3-10,17H,2,11-12H2,1H3,(H,19,20). The maximum atomic E-state index is 11.9. The van der Waals surface area contributed by atoms with Crippen LogP contribution >= 0.6 is 11.8 Å². The van der Waals surface area contributed by atoms with E-state index in [2.05, 4.69) is 22.5 Å². The number of carbonyl (C=O) groups excluding carboxylic acids is 1. The lowest BCUT2D eigenvalue weighted by Gasteiger charge is -2.08. The van der Waals surface area contributed by atoms with Crippen LogP contribution in [0.3, 0.4) is 0 Å². The van der Waals surface area contributed by atoms with Gasteiger partial charge in [0.1, 0.15) is 0 Å². The average Bonchev–Trinajstić information content (AvgIpc) is 2.52. The molecule has 0 saturated carbocycles. The van der Waals surface area contributed by atoms with Crippen molar-refractivity contribution in [3.8, 4) is 0 Å². The minimum absolute atomic E-state index is 0.00240. The molecule has 0 radical (unpaired) electrons. The summed E-state index contributed by atoms with van der Waals surface area (Å²) in [5.74, 6) is 0.388. The summed E-state index contributed by atoms with van der Waals surface area (Å²) in [4.78, 5) is 16.9. The molecule has 0 aliphatic carbocycles. The van der Waals surface area contributed by atoms with E-state index in [1.165, 1.54) is 11.8 Å². The van der Waals surface area contributed by atoms with Crippen LogP contribution in [0.2, 0.25) is 0 Å². The monoisotopic (exact) mass is 301 g/mol. The molecule has 5 heteroatoms. The first-order valence-electron chi connectivity index (χ1n) is 6.90. The fourth-order valence-corrected chi connectivity index (χ4v) is 2.49. The molecule has 0 spiro atoms. The number of rotatable bonds is 7. The number of nitrogens with one attached hydrogen (secondary N) is 2. The normalized spacial score (nSPS) is 10.3. The van der Waals surface area contributed by atoms with E-state index < -0.39 is 0 Å². The molecule has 1 aromatic heterocycles. The Morgan fingerprint density at radius 1 is 1.24 bits per heavy atom. The van der Waals surface area contributed by atoms with E-state index in [4.69, 9.17) is 0 Å². The van der Waals surface area contributed by atoms with Crippen LogP contribution in [0.4, 0.5) is 5.69 Å². The van der Waals surface area contributed by atoms with Crippen LogP contribution in [-0.2, 0) is 11.3 Å². The van der Waals surface area contributed by atoms with Crippen LogP contribution in [0.5, 0.6) is 0 Å². The van der Waals surface area contributed by atoms with Gasteiger partial charge in [0.25, 0.3) is 0 Å². The van der Waals surface area contributed by atoms with Crippen molar-refractivity contribution in [3.05, 3.63) is 54.4 Å². The van der Waals surface area contributed by atoms with E-state index in [0.717, 1.165) is 29.2 Å². The second kappa shape index (κ2) is 8.44. The van der Waals surface area contributed by atoms with Crippen molar-refractivity contribution in [1.29, 1.82) is 0 Å². The summed E-state index contributed by atoms with van der Waals surface area (Å²) in [5.41, 5.74) is 2.00. The number of hydrogen-bond acceptors (Lipinski definition) is 4. The van der Waals surface area contributed by atoms with E-state index in [-0.39, 0.29) is 5.91 Å². The molecule has 1 amide bonds. The van der Waals surface area contributed by atoms with Gasteiger partial charge in [-0.1, -0.05) is 19.1 Å². The van der Waals surface area contributed by atoms with Crippen LogP contribution in [0.25, 0.3) is 0 Å². The first kappa shape index (κ1) is 15.5. The van der Waals surface area contributed by atoms with Crippen LogP contribution in [0, 0.1) is 0 Å². The number of thioether (sulfide) groups is 1. The fourth-order valence-electron chi connectivity index (χ4n) is 1.81. The second-order valence-electron chi connectivity index (χ2n) is 4.50. The maximum absolute atomic E-state index is 11.9. The summed E-state index contributed by atoms with van der Waals surface area (Å²) in [6.45, 7) is 3.81. The fraction of sp³-hybridized carbons (Fsp3) is 0.250. The smallest absolute Gasteiger partial charge is 0.234 e. The van der Waals surface area contributed by atoms with Gasteiger partial charge < -0.3 is 10.6 Å². The predicted molar refractivity (Wildman–Crippen MR) is 87.4 cm³/mol. The van der Waals surface area contributed by atoms with Gasteiger partial charge in [-0.25, -0.2) is 0 Å². The molecule has 110 valence electrons. The Balaban J connectivity index is 1.84. The van der Waals surface area contributed by atoms with Gasteiger partial charge in [-0.2, -0.15) is 0 Å². The number of aromatic nitrogens is 1. The molecule has 2 aromatic rings. The van der Waals surface area contributed by atoms with Crippen molar-refractivity contribution in [2.45, 2.75) is 18.4 Å². The Morgan fingerprint density at radius 3 is 2.81 bits per heavy atom. The van der Waals surface area contributed by atoms with Gasteiger partial charge >= 0.3 is 0 Å². The molecule has 0 aliphatic rings. The molecule has 4 nitrogen and oxygen atoms in total. The largest absolute Gasteiger partial charge is 0.325 e. The lowest BCUT2D eigenvalue weighted by Crippen LogP contribution is -2.15. The van der Waals surface area contributed by atoms with Gasteiger partial charge in [0.05, 0.1) is 5.75 Å². The van der Waals surface area contributed by atoms with E-state index >= 15 is 0 Å². The molecule has 0 atom stereocenters. The predicted octanol–water partition coefficient (Wildman–Crippen LogP) is 2.92. The number of benzene rings is 1. The summed E-state index contributed by atoms with van der Waals surface area (Å²) in [6.07, 6.45) is 3.45. The molecule has 2 N–H and O–H groups in total. The molecule has 2 rings (SSSR count). The minimum atomic E-state index is -0.00240. The zero-order valence-electron chi connectivity index (χ0n) is 12.0. The summed E-state index contributed by atoms with van der Waals surface area (Å²) in [5, 5.41) is 6.19. The molecule has 0 bridgehead atoms. The molecular formula is C16H19N3OS. The third-order valence-electron chi connectivity index (χ3n) is 2.81. The lowest BCUT2D eigenvalue weighted by atomic mass is 10.2. The summed E-state index contributed by atoms with van der Waals surface area (Å²) >= 11 is 1.50. The van der Waals surface area contributed by atoms with Crippen molar-refractivity contribution >= 4 is 23.4 Å². The first-order valence-corrected chi connectivity index (χ1v) is 7.89. The molecule has 0 saturated heterocycles. The summed E-state index contributed by atoms with van der Waals surface area (Å²) in [7, 11) is 0. The molecular weight excluding hydrogens is 282 g/mol. The minimum Gasteiger partial charge on any atom is -0.325 e. The maximum Gasteiger partial charge on any atom is 0.234 e. The van der Waals surface area contributed by atoms with Gasteiger partial charge in [0, 0.05) is 29.5 Å². The Morgan fingerprint density at radius 2 is 2.05 bits per heavy atom. The molecule has 0 fully saturated rings. The molecule has 0 aliphatic heterocycles. The van der Waals surface area contributed by atoms with Crippen molar-refractivity contribution in [1.82, 2.24) is 10.3 Å². The third kappa shape index (κ3) is 5.57. The quantitative estimate of drug-likeness (QED) is 0.772. The average molecular weight is 301 g/mol. The topological polar surface area (TPSA) is 54.0 Å². The molecule has 21 heavy (non-hydrogen) atoms. The highest BCUT2D eigenvalue weighted by atomic mass is 32.2. The van der Waals surface area contributed by atoms with E-state index in [1.807, 2.05) is 36.4 Å². The number of amides is 1. The lowest BCUT2D eigenvalue weighted by molar-refractivity contribution is -0.113. The molecule has 1 heterocycles. The zero-order chi connectivity index (χ0) is 14.9. The number of carbonyl (C=O) groups is 1. The first-order chi connectivity index (χ1) is 10.3. The van der Waals surface area contributed by atoms with Gasteiger partial charge in [0.15, 0.2) is 0 Å². The number of nitrogens with zero attached hydrogens (tertiary/aromatic N) is 1. The Hall–Kier alpha value is -1.85. The molecule has 0 unspecified atom stereocenters. The van der Waals surface area contributed by atoms with Gasteiger partial charge in [-0.3, -0.25) is 9.78 Å². The number of pyridine rings is 1. The second-order valence-corrected chi connectivity index (χ2v) is 5.55. The Bertz CT molecular complexity index is 575. The van der Waals surface area contributed by atoms with Crippen molar-refractivity contribution < 1.29 is 4.79 Å². The summed E-state index contributed by atoms with van der Waals surface area (Å²) in [6, 6.07) is 11.7. The van der Waals surface area contributed by atoms with Crippen LogP contribution < -0.4 is 10.6 Å². The number of hydrogen-bond donors (Lipinski definition) is 2. The zero-order valence-corrected chi connectivity index (χ0v) is 12.8.